The van der Waals surface area contributed by atoms with Crippen molar-refractivity contribution in [1.29, 1.82) is 0 Å². The largest absolute Gasteiger partial charge is 0.232 e. The maximum absolute atomic E-state index is 4.04. The van der Waals surface area contributed by atoms with E-state index in [9.17, 15) is 0 Å². The summed E-state index contributed by atoms with van der Waals surface area (Å²) in [5, 5.41) is 11.5. The van der Waals surface area contributed by atoms with Crippen molar-refractivity contribution in [2.75, 3.05) is 0 Å². The van der Waals surface area contributed by atoms with Crippen molar-refractivity contribution in [3.8, 4) is 0 Å². The fraction of sp³-hybridized carbons (Fsp3) is 0.875. The Labute approximate surface area is 72.0 Å². The molecule has 4 heteroatoms. The maximum atomic E-state index is 4.04. The van der Waals surface area contributed by atoms with Crippen LogP contribution in [0.1, 0.15) is 43.8 Å². The van der Waals surface area contributed by atoms with E-state index in [1.807, 2.05) is 7.05 Å². The second-order valence-electron chi connectivity index (χ2n) is 3.50. The zero-order valence-corrected chi connectivity index (χ0v) is 7.40. The first-order chi connectivity index (χ1) is 5.88. The minimum atomic E-state index is 0.610. The van der Waals surface area contributed by atoms with E-state index in [1.54, 1.807) is 4.68 Å². The molecule has 0 atom stereocenters. The minimum Gasteiger partial charge on any atom is -0.232 e. The molecular weight excluding hydrogens is 152 g/mol. The third-order valence-corrected chi connectivity index (χ3v) is 2.62. The molecule has 1 aromatic rings. The summed E-state index contributed by atoms with van der Waals surface area (Å²) in [7, 11) is 1.92. The normalized spacial score (nSPS) is 19.8. The molecule has 1 aliphatic rings. The van der Waals surface area contributed by atoms with Gasteiger partial charge in [0.15, 0.2) is 5.82 Å². The van der Waals surface area contributed by atoms with Gasteiger partial charge in [0.25, 0.3) is 0 Å². The van der Waals surface area contributed by atoms with Gasteiger partial charge in [-0.15, -0.1) is 5.10 Å². The quantitative estimate of drug-likeness (QED) is 0.630. The summed E-state index contributed by atoms with van der Waals surface area (Å²) in [5.41, 5.74) is 0. The van der Waals surface area contributed by atoms with E-state index in [-0.39, 0.29) is 0 Å². The SMILES string of the molecule is Cn1nnnc1C1CCCCC1. The molecule has 1 aliphatic carbocycles. The summed E-state index contributed by atoms with van der Waals surface area (Å²) >= 11 is 0. The molecule has 1 saturated carbocycles. The zero-order chi connectivity index (χ0) is 8.39. The Kier molecular flexibility index (Phi) is 2.06. The third-order valence-electron chi connectivity index (χ3n) is 2.62. The molecule has 0 N–H and O–H groups in total. The van der Waals surface area contributed by atoms with Crippen molar-refractivity contribution in [1.82, 2.24) is 20.2 Å². The van der Waals surface area contributed by atoms with Crippen LogP contribution in [0.4, 0.5) is 0 Å². The van der Waals surface area contributed by atoms with Gasteiger partial charge in [-0.25, -0.2) is 4.68 Å². The Hall–Kier alpha value is -0.930. The average Bonchev–Trinajstić information content (AvgIpc) is 2.53. The second-order valence-corrected chi connectivity index (χ2v) is 3.50. The highest BCUT2D eigenvalue weighted by Gasteiger charge is 2.19. The maximum Gasteiger partial charge on any atom is 0.153 e. The van der Waals surface area contributed by atoms with Gasteiger partial charge in [-0.2, -0.15) is 0 Å². The van der Waals surface area contributed by atoms with Gasteiger partial charge < -0.3 is 0 Å². The first kappa shape index (κ1) is 7.71. The predicted molar refractivity (Wildman–Crippen MR) is 44.6 cm³/mol. The average molecular weight is 166 g/mol. The number of aromatic nitrogens is 4. The topological polar surface area (TPSA) is 43.6 Å². The van der Waals surface area contributed by atoms with Gasteiger partial charge in [0.05, 0.1) is 0 Å². The van der Waals surface area contributed by atoms with Crippen LogP contribution < -0.4 is 0 Å². The molecule has 0 spiro atoms. The summed E-state index contributed by atoms with van der Waals surface area (Å²) in [6.07, 6.45) is 6.55. The van der Waals surface area contributed by atoms with E-state index >= 15 is 0 Å². The van der Waals surface area contributed by atoms with Crippen molar-refractivity contribution in [2.45, 2.75) is 38.0 Å². The molecule has 0 aromatic carbocycles. The number of rotatable bonds is 1. The van der Waals surface area contributed by atoms with Crippen molar-refractivity contribution in [3.63, 3.8) is 0 Å². The molecule has 0 bridgehead atoms. The standard InChI is InChI=1S/C8H14N4/c1-12-8(9-10-11-12)7-5-3-2-4-6-7/h7H,2-6H2,1H3. The number of aryl methyl sites for hydroxylation is 1. The van der Waals surface area contributed by atoms with Gasteiger partial charge in [0.2, 0.25) is 0 Å². The van der Waals surface area contributed by atoms with Crippen LogP contribution in [0, 0.1) is 0 Å². The van der Waals surface area contributed by atoms with E-state index in [0.29, 0.717) is 5.92 Å². The Balaban J connectivity index is 2.13. The predicted octanol–water partition coefficient (Wildman–Crippen LogP) is 1.26. The molecular formula is C8H14N4. The number of hydrogen-bond acceptors (Lipinski definition) is 3. The van der Waals surface area contributed by atoms with Crippen LogP contribution >= 0.6 is 0 Å². The lowest BCUT2D eigenvalue weighted by Gasteiger charge is -2.19. The highest BCUT2D eigenvalue weighted by molar-refractivity contribution is 4.94. The molecule has 2 rings (SSSR count). The van der Waals surface area contributed by atoms with Crippen LogP contribution in [-0.2, 0) is 7.05 Å². The minimum absolute atomic E-state index is 0.610. The van der Waals surface area contributed by atoms with E-state index in [2.05, 4.69) is 15.5 Å². The van der Waals surface area contributed by atoms with E-state index < -0.39 is 0 Å². The van der Waals surface area contributed by atoms with Gasteiger partial charge in [0.1, 0.15) is 0 Å². The molecule has 4 nitrogen and oxygen atoms in total. The zero-order valence-electron chi connectivity index (χ0n) is 7.40. The van der Waals surface area contributed by atoms with Gasteiger partial charge in [-0.1, -0.05) is 19.3 Å². The van der Waals surface area contributed by atoms with Gasteiger partial charge in [0, 0.05) is 13.0 Å². The Bertz CT molecular complexity index is 249. The van der Waals surface area contributed by atoms with Crippen molar-refractivity contribution < 1.29 is 0 Å². The molecule has 1 aromatic heterocycles. The molecule has 12 heavy (non-hydrogen) atoms. The Morgan fingerprint density at radius 1 is 1.25 bits per heavy atom. The van der Waals surface area contributed by atoms with Gasteiger partial charge in [-0.3, -0.25) is 0 Å². The summed E-state index contributed by atoms with van der Waals surface area (Å²) in [6, 6.07) is 0. The van der Waals surface area contributed by atoms with Gasteiger partial charge >= 0.3 is 0 Å². The molecule has 0 aliphatic heterocycles. The summed E-state index contributed by atoms with van der Waals surface area (Å²) in [6.45, 7) is 0. The molecule has 0 unspecified atom stereocenters. The number of nitrogens with zero attached hydrogens (tertiary/aromatic N) is 4. The van der Waals surface area contributed by atoms with Gasteiger partial charge in [-0.05, 0) is 23.3 Å². The second kappa shape index (κ2) is 3.21. The summed E-state index contributed by atoms with van der Waals surface area (Å²) < 4.78 is 1.80. The van der Waals surface area contributed by atoms with Crippen molar-refractivity contribution in [2.24, 2.45) is 7.05 Å². The molecule has 0 saturated heterocycles. The van der Waals surface area contributed by atoms with Crippen LogP contribution in [-0.4, -0.2) is 20.2 Å². The lowest BCUT2D eigenvalue weighted by Crippen LogP contribution is -2.10. The van der Waals surface area contributed by atoms with E-state index in [4.69, 9.17) is 0 Å². The van der Waals surface area contributed by atoms with E-state index in [1.165, 1.54) is 32.1 Å². The van der Waals surface area contributed by atoms with E-state index in [0.717, 1.165) is 5.82 Å². The molecule has 66 valence electrons. The highest BCUT2D eigenvalue weighted by atomic mass is 15.5. The summed E-state index contributed by atoms with van der Waals surface area (Å²) in [4.78, 5) is 0. The van der Waals surface area contributed by atoms with Crippen LogP contribution in [0.25, 0.3) is 0 Å². The fourth-order valence-electron chi connectivity index (χ4n) is 1.94. The van der Waals surface area contributed by atoms with Crippen molar-refractivity contribution in [3.05, 3.63) is 5.82 Å². The van der Waals surface area contributed by atoms with Crippen LogP contribution in [0.15, 0.2) is 0 Å². The monoisotopic (exact) mass is 166 g/mol. The molecule has 1 heterocycles. The Morgan fingerprint density at radius 3 is 2.58 bits per heavy atom. The smallest absolute Gasteiger partial charge is 0.153 e. The molecule has 0 radical (unpaired) electrons. The lowest BCUT2D eigenvalue weighted by atomic mass is 9.89. The first-order valence-corrected chi connectivity index (χ1v) is 4.60. The first-order valence-electron chi connectivity index (χ1n) is 4.60. The highest BCUT2D eigenvalue weighted by Crippen LogP contribution is 2.30. The number of hydrogen-bond donors (Lipinski definition) is 0. The summed E-state index contributed by atoms with van der Waals surface area (Å²) in [5.74, 6) is 1.67. The Morgan fingerprint density at radius 2 is 2.00 bits per heavy atom. The molecule has 1 fully saturated rings. The number of tetrazole rings is 1. The third kappa shape index (κ3) is 1.33. The lowest BCUT2D eigenvalue weighted by molar-refractivity contribution is 0.417. The van der Waals surface area contributed by atoms with Crippen LogP contribution in [0.5, 0.6) is 0 Å². The fourth-order valence-corrected chi connectivity index (χ4v) is 1.94. The van der Waals surface area contributed by atoms with Crippen LogP contribution in [0.3, 0.4) is 0 Å². The van der Waals surface area contributed by atoms with Crippen molar-refractivity contribution >= 4 is 0 Å². The molecule has 0 amide bonds. The van der Waals surface area contributed by atoms with Crippen LogP contribution in [0.2, 0.25) is 0 Å².